The Kier molecular flexibility index (Phi) is 5.85. The summed E-state index contributed by atoms with van der Waals surface area (Å²) in [5, 5.41) is 11.2. The van der Waals surface area contributed by atoms with Gasteiger partial charge in [-0.15, -0.1) is 11.7 Å². The summed E-state index contributed by atoms with van der Waals surface area (Å²) in [6.45, 7) is 12.4. The van der Waals surface area contributed by atoms with Crippen LogP contribution in [0.25, 0.3) is 5.69 Å². The van der Waals surface area contributed by atoms with Crippen LogP contribution in [0.3, 0.4) is 0 Å². The Balaban J connectivity index is 2.26. The lowest BCUT2D eigenvalue weighted by molar-refractivity contribution is -0.127. The van der Waals surface area contributed by atoms with Crippen molar-refractivity contribution in [3.63, 3.8) is 0 Å². The molecule has 1 amide bonds. The zero-order valence-electron chi connectivity index (χ0n) is 15.3. The molecule has 1 heterocycles. The predicted octanol–water partition coefficient (Wildman–Crippen LogP) is 3.34. The van der Waals surface area contributed by atoms with E-state index in [0.717, 1.165) is 11.3 Å². The number of hydrogen-bond acceptors (Lipinski definition) is 4. The van der Waals surface area contributed by atoms with Crippen molar-refractivity contribution in [1.82, 2.24) is 25.1 Å². The Morgan fingerprint density at radius 1 is 1.40 bits per heavy atom. The van der Waals surface area contributed by atoms with Gasteiger partial charge in [-0.25, -0.2) is 4.68 Å². The van der Waals surface area contributed by atoms with Crippen molar-refractivity contribution < 1.29 is 4.79 Å². The minimum absolute atomic E-state index is 0.0323. The first-order valence-corrected chi connectivity index (χ1v) is 8.26. The maximum Gasteiger partial charge on any atom is 0.247 e. The molecule has 2 aromatic rings. The van der Waals surface area contributed by atoms with Gasteiger partial charge in [0, 0.05) is 6.54 Å². The fourth-order valence-electron chi connectivity index (χ4n) is 2.38. The van der Waals surface area contributed by atoms with Gasteiger partial charge < -0.3 is 4.90 Å². The molecular weight excluding hydrogens is 314 g/mol. The van der Waals surface area contributed by atoms with Crippen LogP contribution < -0.4 is 0 Å². The van der Waals surface area contributed by atoms with Gasteiger partial charge in [-0.05, 0) is 46.5 Å². The SMILES string of the molecule is C=CCN(C(=O)/C=C/C(C)(C)C)C(C)c1cccc(-n2cnnn2)c1. The molecule has 0 bridgehead atoms. The predicted molar refractivity (Wildman–Crippen MR) is 98.1 cm³/mol. The van der Waals surface area contributed by atoms with Gasteiger partial charge in [-0.3, -0.25) is 4.79 Å². The molecule has 1 aromatic carbocycles. The van der Waals surface area contributed by atoms with Gasteiger partial charge in [0.25, 0.3) is 0 Å². The lowest BCUT2D eigenvalue weighted by Crippen LogP contribution is -2.32. The molecule has 0 radical (unpaired) electrons. The molecule has 0 aliphatic heterocycles. The van der Waals surface area contributed by atoms with Crippen LogP contribution in [-0.4, -0.2) is 37.6 Å². The molecule has 1 atom stereocenters. The van der Waals surface area contributed by atoms with Crippen molar-refractivity contribution >= 4 is 5.91 Å². The Labute approximate surface area is 148 Å². The lowest BCUT2D eigenvalue weighted by atomic mass is 9.96. The second kappa shape index (κ2) is 7.88. The van der Waals surface area contributed by atoms with Crippen molar-refractivity contribution in [2.24, 2.45) is 5.41 Å². The van der Waals surface area contributed by atoms with E-state index in [2.05, 4.69) is 42.9 Å². The zero-order valence-corrected chi connectivity index (χ0v) is 15.3. The molecule has 0 N–H and O–H groups in total. The largest absolute Gasteiger partial charge is 0.329 e. The topological polar surface area (TPSA) is 63.9 Å². The minimum Gasteiger partial charge on any atom is -0.329 e. The lowest BCUT2D eigenvalue weighted by Gasteiger charge is -2.28. The van der Waals surface area contributed by atoms with E-state index in [-0.39, 0.29) is 17.4 Å². The molecule has 1 unspecified atom stereocenters. The van der Waals surface area contributed by atoms with Crippen LogP contribution in [0.2, 0.25) is 0 Å². The highest BCUT2D eigenvalue weighted by Gasteiger charge is 2.19. The van der Waals surface area contributed by atoms with Crippen LogP contribution in [0.1, 0.15) is 39.3 Å². The first-order valence-electron chi connectivity index (χ1n) is 8.26. The third-order valence-electron chi connectivity index (χ3n) is 3.77. The van der Waals surface area contributed by atoms with E-state index >= 15 is 0 Å². The van der Waals surface area contributed by atoms with Crippen LogP contribution in [0.5, 0.6) is 0 Å². The molecule has 2 rings (SSSR count). The number of tetrazole rings is 1. The summed E-state index contributed by atoms with van der Waals surface area (Å²) in [7, 11) is 0. The smallest absolute Gasteiger partial charge is 0.247 e. The van der Waals surface area contributed by atoms with Gasteiger partial charge in [0.05, 0.1) is 11.7 Å². The number of carbonyl (C=O) groups excluding carboxylic acids is 1. The van der Waals surface area contributed by atoms with Crippen LogP contribution in [-0.2, 0) is 4.79 Å². The molecule has 6 heteroatoms. The average Bonchev–Trinajstić information content (AvgIpc) is 3.11. The van der Waals surface area contributed by atoms with E-state index < -0.39 is 0 Å². The van der Waals surface area contributed by atoms with Gasteiger partial charge in [0.15, 0.2) is 0 Å². The summed E-state index contributed by atoms with van der Waals surface area (Å²) in [5.74, 6) is -0.0323. The van der Waals surface area contributed by atoms with Crippen LogP contribution in [0.15, 0.2) is 55.4 Å². The third kappa shape index (κ3) is 5.11. The molecule has 0 aliphatic carbocycles. The Morgan fingerprint density at radius 3 is 2.76 bits per heavy atom. The molecule has 0 saturated heterocycles. The number of carbonyl (C=O) groups is 1. The van der Waals surface area contributed by atoms with Crippen molar-refractivity contribution in [3.8, 4) is 5.69 Å². The van der Waals surface area contributed by atoms with Gasteiger partial charge in [0.1, 0.15) is 6.33 Å². The summed E-state index contributed by atoms with van der Waals surface area (Å²) >= 11 is 0. The van der Waals surface area contributed by atoms with Crippen molar-refractivity contribution in [2.45, 2.75) is 33.7 Å². The Morgan fingerprint density at radius 2 is 2.16 bits per heavy atom. The van der Waals surface area contributed by atoms with Gasteiger partial charge in [0.2, 0.25) is 5.91 Å². The fraction of sp³-hybridized carbons (Fsp3) is 0.368. The number of amides is 1. The van der Waals surface area contributed by atoms with E-state index in [9.17, 15) is 4.79 Å². The Bertz CT molecular complexity index is 743. The number of nitrogens with zero attached hydrogens (tertiary/aromatic N) is 5. The second-order valence-electron chi connectivity index (χ2n) is 7.00. The number of benzene rings is 1. The third-order valence-corrected chi connectivity index (χ3v) is 3.77. The summed E-state index contributed by atoms with van der Waals surface area (Å²) in [6.07, 6.45) is 6.86. The van der Waals surface area contributed by atoms with E-state index in [1.807, 2.05) is 37.3 Å². The van der Waals surface area contributed by atoms with Crippen LogP contribution in [0.4, 0.5) is 0 Å². The molecule has 0 aliphatic rings. The molecule has 0 spiro atoms. The standard InChI is InChI=1S/C19H25N5O/c1-6-12-23(18(25)10-11-19(3,4)5)15(2)16-8-7-9-17(13-16)24-14-20-21-22-24/h6-11,13-15H,1,12H2,2-5H3/b11-10+. The molecular formula is C19H25N5O. The molecule has 1 aromatic heterocycles. The maximum absolute atomic E-state index is 12.7. The molecule has 0 fully saturated rings. The highest BCUT2D eigenvalue weighted by Crippen LogP contribution is 2.23. The van der Waals surface area contributed by atoms with Gasteiger partial charge in [-0.2, -0.15) is 0 Å². The van der Waals surface area contributed by atoms with Gasteiger partial charge >= 0.3 is 0 Å². The monoisotopic (exact) mass is 339 g/mol. The average molecular weight is 339 g/mol. The minimum atomic E-state index is -0.105. The van der Waals surface area contributed by atoms with Crippen molar-refractivity contribution in [2.75, 3.05) is 6.54 Å². The number of aromatic nitrogens is 4. The van der Waals surface area contributed by atoms with E-state index in [4.69, 9.17) is 0 Å². The first kappa shape index (κ1) is 18.6. The molecule has 6 nitrogen and oxygen atoms in total. The molecule has 132 valence electrons. The zero-order chi connectivity index (χ0) is 18.4. The van der Waals surface area contributed by atoms with Crippen molar-refractivity contribution in [1.29, 1.82) is 0 Å². The molecule has 25 heavy (non-hydrogen) atoms. The Hall–Kier alpha value is -2.76. The first-order chi connectivity index (χ1) is 11.8. The van der Waals surface area contributed by atoms with Crippen molar-refractivity contribution in [3.05, 3.63) is 61.0 Å². The number of rotatable bonds is 6. The van der Waals surface area contributed by atoms with Crippen LogP contribution >= 0.6 is 0 Å². The number of allylic oxidation sites excluding steroid dienone is 1. The maximum atomic E-state index is 12.7. The van der Waals surface area contributed by atoms with Gasteiger partial charge in [-0.1, -0.05) is 45.1 Å². The highest BCUT2D eigenvalue weighted by atomic mass is 16.2. The fourth-order valence-corrected chi connectivity index (χ4v) is 2.38. The molecule has 0 saturated carbocycles. The second-order valence-corrected chi connectivity index (χ2v) is 7.00. The summed E-state index contributed by atoms with van der Waals surface area (Å²) in [4.78, 5) is 14.4. The normalized spacial score (nSPS) is 13.0. The summed E-state index contributed by atoms with van der Waals surface area (Å²) in [5.41, 5.74) is 1.82. The quantitative estimate of drug-likeness (QED) is 0.598. The summed E-state index contributed by atoms with van der Waals surface area (Å²) < 4.78 is 1.59. The van der Waals surface area contributed by atoms with E-state index in [0.29, 0.717) is 6.54 Å². The highest BCUT2D eigenvalue weighted by molar-refractivity contribution is 5.88. The van der Waals surface area contributed by atoms with E-state index in [1.165, 1.54) is 0 Å². The summed E-state index contributed by atoms with van der Waals surface area (Å²) in [6, 6.07) is 7.73. The van der Waals surface area contributed by atoms with Crippen LogP contribution in [0, 0.1) is 5.41 Å². The number of hydrogen-bond donors (Lipinski definition) is 0. The van der Waals surface area contributed by atoms with E-state index in [1.54, 1.807) is 28.1 Å².